The Bertz CT molecular complexity index is 1450. The number of rotatable bonds is 5. The van der Waals surface area contributed by atoms with Gasteiger partial charge in [-0.15, -0.1) is 0 Å². The second kappa shape index (κ2) is 13.9. The van der Waals surface area contributed by atoms with Crippen molar-refractivity contribution in [3.05, 3.63) is 65.2 Å². The molecule has 0 radical (unpaired) electrons. The van der Waals surface area contributed by atoms with Crippen molar-refractivity contribution in [1.82, 2.24) is 25.3 Å². The highest BCUT2D eigenvalue weighted by molar-refractivity contribution is 6.30. The molecule has 6 rings (SSSR count). The molecule has 0 aliphatic carbocycles. The molecule has 246 valence electrons. The highest BCUT2D eigenvalue weighted by Crippen LogP contribution is 2.27. The summed E-state index contributed by atoms with van der Waals surface area (Å²) in [6.07, 6.45) is -4.50. The number of para-hydroxylation sites is 1. The van der Waals surface area contributed by atoms with Crippen molar-refractivity contribution in [2.75, 3.05) is 39.3 Å². The third-order valence-corrected chi connectivity index (χ3v) is 9.31. The predicted molar refractivity (Wildman–Crippen MR) is 165 cm³/mol. The molecule has 14 heteroatoms. The number of carbonyl (C=O) groups is 4. The molecule has 0 aromatic heterocycles. The summed E-state index contributed by atoms with van der Waals surface area (Å²) < 4.78 is 11.5. The summed E-state index contributed by atoms with van der Waals surface area (Å²) in [5.74, 6) is -1.02. The number of halogens is 1. The SMILES string of the molecule is O=C1C[C@@H]2O[C@H](CNC(=O)[C@@H]3CN(CCN3C(=O)COc3ccccc3)C(=O)[C@@H]3C[C@@H](CN3Cc3cccc(Cl)c3)N1)[C@@H](O)[C@H]2O. The highest BCUT2D eigenvalue weighted by atomic mass is 35.5. The van der Waals surface area contributed by atoms with E-state index in [-0.39, 0.29) is 57.1 Å². The topological polar surface area (TPSA) is 161 Å². The summed E-state index contributed by atoms with van der Waals surface area (Å²) in [5, 5.41) is 27.5. The number of hydrogen-bond donors (Lipinski definition) is 4. The first-order valence-electron chi connectivity index (χ1n) is 15.5. The van der Waals surface area contributed by atoms with Crippen LogP contribution in [-0.4, -0.2) is 130 Å². The molecule has 2 aromatic rings. The molecule has 4 heterocycles. The molecule has 0 saturated carbocycles. The molecule has 2 aromatic carbocycles. The summed E-state index contributed by atoms with van der Waals surface area (Å²) in [4.78, 5) is 59.2. The monoisotopic (exact) mass is 655 g/mol. The van der Waals surface area contributed by atoms with E-state index in [0.29, 0.717) is 30.3 Å². The van der Waals surface area contributed by atoms with Gasteiger partial charge in [0.05, 0.1) is 25.1 Å². The molecule has 0 unspecified atom stereocenters. The van der Waals surface area contributed by atoms with Gasteiger partial charge in [0.25, 0.3) is 5.91 Å². The van der Waals surface area contributed by atoms with Crippen molar-refractivity contribution in [3.8, 4) is 5.75 Å². The molecule has 4 aliphatic heterocycles. The zero-order valence-electron chi connectivity index (χ0n) is 25.2. The second-order valence-corrected chi connectivity index (χ2v) is 12.6. The van der Waals surface area contributed by atoms with Crippen molar-refractivity contribution in [1.29, 1.82) is 0 Å². The van der Waals surface area contributed by atoms with E-state index >= 15 is 0 Å². The first kappa shape index (κ1) is 32.2. The van der Waals surface area contributed by atoms with Gasteiger partial charge in [-0.2, -0.15) is 0 Å². The number of nitrogens with one attached hydrogen (secondary N) is 2. The van der Waals surface area contributed by atoms with Crippen LogP contribution in [0.5, 0.6) is 5.75 Å². The van der Waals surface area contributed by atoms with E-state index in [2.05, 4.69) is 10.6 Å². The molecule has 46 heavy (non-hydrogen) atoms. The molecule has 4 N–H and O–H groups in total. The number of nitrogens with zero attached hydrogens (tertiary/aromatic N) is 3. The van der Waals surface area contributed by atoms with Gasteiger partial charge in [0, 0.05) is 43.8 Å². The Kier molecular flexibility index (Phi) is 9.76. The van der Waals surface area contributed by atoms with E-state index in [1.807, 2.05) is 29.2 Å². The van der Waals surface area contributed by atoms with Crippen LogP contribution in [-0.2, 0) is 30.5 Å². The van der Waals surface area contributed by atoms with E-state index in [4.69, 9.17) is 21.1 Å². The lowest BCUT2D eigenvalue weighted by Crippen LogP contribution is -2.64. The fourth-order valence-corrected chi connectivity index (χ4v) is 6.94. The van der Waals surface area contributed by atoms with Crippen molar-refractivity contribution in [2.45, 2.75) is 61.9 Å². The smallest absolute Gasteiger partial charge is 0.261 e. The zero-order valence-corrected chi connectivity index (χ0v) is 25.9. The van der Waals surface area contributed by atoms with Crippen LogP contribution in [0.4, 0.5) is 0 Å². The maximum atomic E-state index is 14.1. The standard InChI is InChI=1S/C32H38ClN5O8/c33-20-6-4-5-19(11-20)15-37-16-21-12-23(37)32(44)36-9-10-38(28(40)18-45-22-7-2-1-3-8-22)24(17-36)31(43)34-14-26-30(42)29(41)25(46-26)13-27(39)35-21/h1-8,11,21,23-26,29-30,41-42H,9-10,12-18H2,(H,34,43)(H,35,39)/t21-,23-,24-,25-,26+,29-,30+/m0/s1. The number of piperazine rings is 1. The summed E-state index contributed by atoms with van der Waals surface area (Å²) >= 11 is 6.23. The van der Waals surface area contributed by atoms with Gasteiger partial charge in [-0.25, -0.2) is 0 Å². The molecule has 13 nitrogen and oxygen atoms in total. The zero-order chi connectivity index (χ0) is 32.4. The van der Waals surface area contributed by atoms with Crippen LogP contribution in [0.3, 0.4) is 0 Å². The van der Waals surface area contributed by atoms with Crippen molar-refractivity contribution >= 4 is 35.2 Å². The quantitative estimate of drug-likeness (QED) is 0.334. The number of ether oxygens (including phenoxy) is 2. The van der Waals surface area contributed by atoms with Gasteiger partial charge in [0.1, 0.15) is 30.1 Å². The number of aliphatic hydroxyl groups is 2. The lowest BCUT2D eigenvalue weighted by atomic mass is 10.0. The van der Waals surface area contributed by atoms with E-state index in [1.54, 1.807) is 35.2 Å². The van der Waals surface area contributed by atoms with E-state index in [9.17, 15) is 29.4 Å². The molecule has 6 bridgehead atoms. The van der Waals surface area contributed by atoms with Gasteiger partial charge < -0.3 is 40.1 Å². The van der Waals surface area contributed by atoms with Crippen molar-refractivity contribution in [2.24, 2.45) is 0 Å². The Morgan fingerprint density at radius 3 is 2.54 bits per heavy atom. The van der Waals surface area contributed by atoms with Crippen LogP contribution in [0.1, 0.15) is 18.4 Å². The Morgan fingerprint density at radius 1 is 0.978 bits per heavy atom. The molecule has 4 amide bonds. The minimum absolute atomic E-state index is 0.0560. The van der Waals surface area contributed by atoms with Crippen LogP contribution < -0.4 is 15.4 Å². The predicted octanol–water partition coefficient (Wildman–Crippen LogP) is -0.473. The van der Waals surface area contributed by atoms with Gasteiger partial charge in [-0.05, 0) is 36.2 Å². The van der Waals surface area contributed by atoms with Crippen LogP contribution in [0.15, 0.2) is 54.6 Å². The lowest BCUT2D eigenvalue weighted by Gasteiger charge is -2.42. The van der Waals surface area contributed by atoms with Crippen molar-refractivity contribution < 1.29 is 38.9 Å². The average molecular weight is 656 g/mol. The highest BCUT2D eigenvalue weighted by Gasteiger charge is 2.47. The normalized spacial score (nSPS) is 30.6. The van der Waals surface area contributed by atoms with Crippen LogP contribution in [0.2, 0.25) is 5.02 Å². The summed E-state index contributed by atoms with van der Waals surface area (Å²) in [6, 6.07) is 14.2. The van der Waals surface area contributed by atoms with Gasteiger partial charge in [0.15, 0.2) is 6.61 Å². The number of likely N-dealkylation sites (tertiary alicyclic amines) is 1. The Morgan fingerprint density at radius 2 is 1.76 bits per heavy atom. The van der Waals surface area contributed by atoms with E-state index < -0.39 is 48.3 Å². The van der Waals surface area contributed by atoms with Crippen LogP contribution in [0.25, 0.3) is 0 Å². The first-order valence-corrected chi connectivity index (χ1v) is 15.9. The lowest BCUT2D eigenvalue weighted by molar-refractivity contribution is -0.151. The van der Waals surface area contributed by atoms with Crippen LogP contribution >= 0.6 is 11.6 Å². The number of aliphatic hydroxyl groups excluding tert-OH is 2. The molecular weight excluding hydrogens is 618 g/mol. The minimum atomic E-state index is -1.33. The number of benzene rings is 2. The summed E-state index contributed by atoms with van der Waals surface area (Å²) in [6.45, 7) is 0.577. The van der Waals surface area contributed by atoms with Crippen LogP contribution in [0, 0.1) is 0 Å². The van der Waals surface area contributed by atoms with E-state index in [1.165, 1.54) is 4.90 Å². The molecule has 4 fully saturated rings. The third-order valence-electron chi connectivity index (χ3n) is 9.07. The molecular formula is C32H38ClN5O8. The molecule has 4 aliphatic rings. The largest absolute Gasteiger partial charge is 0.484 e. The summed E-state index contributed by atoms with van der Waals surface area (Å²) in [5.41, 5.74) is 0.900. The fraction of sp³-hybridized carbons (Fsp3) is 0.500. The molecule has 4 saturated heterocycles. The van der Waals surface area contributed by atoms with Gasteiger partial charge >= 0.3 is 0 Å². The average Bonchev–Trinajstić information content (AvgIpc) is 3.56. The molecule has 7 atom stereocenters. The maximum Gasteiger partial charge on any atom is 0.261 e. The Hall–Kier alpha value is -3.75. The summed E-state index contributed by atoms with van der Waals surface area (Å²) in [7, 11) is 0. The van der Waals surface area contributed by atoms with E-state index in [0.717, 1.165) is 5.56 Å². The maximum absolute atomic E-state index is 14.1. The number of amides is 4. The number of hydrogen-bond acceptors (Lipinski definition) is 9. The molecule has 0 spiro atoms. The van der Waals surface area contributed by atoms with Crippen molar-refractivity contribution in [3.63, 3.8) is 0 Å². The Labute approximate surface area is 271 Å². The fourth-order valence-electron chi connectivity index (χ4n) is 6.72. The minimum Gasteiger partial charge on any atom is -0.484 e. The first-order chi connectivity index (χ1) is 22.2. The van der Waals surface area contributed by atoms with Gasteiger partial charge in [-0.3, -0.25) is 24.1 Å². The second-order valence-electron chi connectivity index (χ2n) is 12.2. The van der Waals surface area contributed by atoms with Gasteiger partial charge in [0.2, 0.25) is 17.7 Å². The van der Waals surface area contributed by atoms with Gasteiger partial charge in [-0.1, -0.05) is 41.9 Å². The number of carbonyl (C=O) groups excluding carboxylic acids is 4. The third kappa shape index (κ3) is 7.13. The Balaban J connectivity index is 1.25. The number of fused-ring (bicyclic) bond motifs is 6.